The summed E-state index contributed by atoms with van der Waals surface area (Å²) in [6.45, 7) is 7.42. The maximum absolute atomic E-state index is 5.57. The lowest BCUT2D eigenvalue weighted by Crippen LogP contribution is -2.45. The Bertz CT molecular complexity index is 376. The van der Waals surface area contributed by atoms with E-state index in [1.54, 1.807) is 0 Å². The van der Waals surface area contributed by atoms with Crippen LogP contribution < -0.4 is 5.32 Å². The van der Waals surface area contributed by atoms with Gasteiger partial charge < -0.3 is 15.0 Å². The van der Waals surface area contributed by atoms with Crippen molar-refractivity contribution in [3.05, 3.63) is 35.9 Å². The van der Waals surface area contributed by atoms with Crippen LogP contribution in [0.3, 0.4) is 0 Å². The fourth-order valence-corrected chi connectivity index (χ4v) is 2.97. The van der Waals surface area contributed by atoms with Gasteiger partial charge in [0.15, 0.2) is 0 Å². The van der Waals surface area contributed by atoms with E-state index >= 15 is 0 Å². The van der Waals surface area contributed by atoms with Crippen LogP contribution in [0.15, 0.2) is 30.3 Å². The SMILES string of the molecule is CCCNC(CN(C)CCc1ccccc1)C1CCOC1. The van der Waals surface area contributed by atoms with E-state index in [1.807, 2.05) is 0 Å². The summed E-state index contributed by atoms with van der Waals surface area (Å²) in [6.07, 6.45) is 3.52. The second kappa shape index (κ2) is 9.19. The maximum Gasteiger partial charge on any atom is 0.0510 e. The molecule has 1 aromatic rings. The molecule has 0 saturated carbocycles. The molecule has 2 rings (SSSR count). The Hall–Kier alpha value is -0.900. The molecule has 1 saturated heterocycles. The van der Waals surface area contributed by atoms with E-state index in [-0.39, 0.29) is 0 Å². The minimum absolute atomic E-state index is 0.563. The lowest BCUT2D eigenvalue weighted by Gasteiger charge is -2.28. The van der Waals surface area contributed by atoms with Gasteiger partial charge in [-0.1, -0.05) is 37.3 Å². The maximum atomic E-state index is 5.57. The fourth-order valence-electron chi connectivity index (χ4n) is 2.97. The highest BCUT2D eigenvalue weighted by atomic mass is 16.5. The number of rotatable bonds is 9. The summed E-state index contributed by atoms with van der Waals surface area (Å²) in [4.78, 5) is 2.46. The van der Waals surface area contributed by atoms with Crippen molar-refractivity contribution < 1.29 is 4.74 Å². The molecule has 1 aliphatic rings. The van der Waals surface area contributed by atoms with Crippen LogP contribution >= 0.6 is 0 Å². The van der Waals surface area contributed by atoms with Crippen molar-refractivity contribution in [3.8, 4) is 0 Å². The summed E-state index contributed by atoms with van der Waals surface area (Å²) >= 11 is 0. The van der Waals surface area contributed by atoms with Crippen LogP contribution in [0.1, 0.15) is 25.3 Å². The van der Waals surface area contributed by atoms with E-state index in [0.717, 1.165) is 39.3 Å². The number of hydrogen-bond acceptors (Lipinski definition) is 3. The highest BCUT2D eigenvalue weighted by Crippen LogP contribution is 2.17. The fraction of sp³-hybridized carbons (Fsp3) is 0.667. The predicted octanol–water partition coefficient (Wildman–Crippen LogP) is 2.57. The molecule has 1 aliphatic heterocycles. The van der Waals surface area contributed by atoms with E-state index in [2.05, 4.69) is 54.5 Å². The van der Waals surface area contributed by atoms with Crippen LogP contribution in [-0.4, -0.2) is 50.8 Å². The average Bonchev–Trinajstić information content (AvgIpc) is 3.04. The van der Waals surface area contributed by atoms with Gasteiger partial charge in [-0.2, -0.15) is 0 Å². The van der Waals surface area contributed by atoms with E-state index in [4.69, 9.17) is 4.74 Å². The van der Waals surface area contributed by atoms with Crippen molar-refractivity contribution in [3.63, 3.8) is 0 Å². The zero-order valence-corrected chi connectivity index (χ0v) is 13.6. The minimum Gasteiger partial charge on any atom is -0.381 e. The van der Waals surface area contributed by atoms with Crippen LogP contribution in [0, 0.1) is 5.92 Å². The summed E-state index contributed by atoms with van der Waals surface area (Å²) < 4.78 is 5.57. The summed E-state index contributed by atoms with van der Waals surface area (Å²) in [5.74, 6) is 0.677. The molecule has 3 nitrogen and oxygen atoms in total. The van der Waals surface area contributed by atoms with Crippen molar-refractivity contribution in [1.82, 2.24) is 10.2 Å². The van der Waals surface area contributed by atoms with Gasteiger partial charge in [0.25, 0.3) is 0 Å². The molecule has 21 heavy (non-hydrogen) atoms. The van der Waals surface area contributed by atoms with E-state index < -0.39 is 0 Å². The summed E-state index contributed by atoms with van der Waals surface area (Å²) in [7, 11) is 2.24. The third-order valence-corrected chi connectivity index (χ3v) is 4.32. The molecule has 0 spiro atoms. The van der Waals surface area contributed by atoms with Gasteiger partial charge in [0.2, 0.25) is 0 Å². The molecule has 0 bridgehead atoms. The van der Waals surface area contributed by atoms with Crippen molar-refractivity contribution in [2.75, 3.05) is 39.9 Å². The van der Waals surface area contributed by atoms with Crippen LogP contribution in [0.5, 0.6) is 0 Å². The summed E-state index contributed by atoms with van der Waals surface area (Å²) in [5, 5.41) is 3.72. The minimum atomic E-state index is 0.563. The van der Waals surface area contributed by atoms with Gasteiger partial charge in [-0.25, -0.2) is 0 Å². The van der Waals surface area contributed by atoms with Crippen LogP contribution in [0.25, 0.3) is 0 Å². The first-order chi connectivity index (χ1) is 10.3. The second-order valence-corrected chi connectivity index (χ2v) is 6.18. The third-order valence-electron chi connectivity index (χ3n) is 4.32. The summed E-state index contributed by atoms with van der Waals surface area (Å²) in [6, 6.07) is 11.3. The molecular weight excluding hydrogens is 260 g/mol. The van der Waals surface area contributed by atoms with E-state index in [1.165, 1.54) is 18.4 Å². The molecule has 118 valence electrons. The summed E-state index contributed by atoms with van der Waals surface area (Å²) in [5.41, 5.74) is 1.42. The predicted molar refractivity (Wildman–Crippen MR) is 88.7 cm³/mol. The molecule has 2 unspecified atom stereocenters. The van der Waals surface area contributed by atoms with Gasteiger partial charge in [-0.05, 0) is 38.4 Å². The molecule has 0 aliphatic carbocycles. The number of hydrogen-bond donors (Lipinski definition) is 1. The van der Waals surface area contributed by atoms with Crippen LogP contribution in [0.2, 0.25) is 0 Å². The normalized spacial score (nSPS) is 20.0. The number of benzene rings is 1. The standard InChI is InChI=1S/C18H30N2O/c1-3-11-19-18(17-10-13-21-15-17)14-20(2)12-9-16-7-5-4-6-8-16/h4-8,17-19H,3,9-15H2,1-2H3. The number of likely N-dealkylation sites (N-methyl/N-ethyl adjacent to an activating group) is 1. The van der Waals surface area contributed by atoms with Gasteiger partial charge in [0.1, 0.15) is 0 Å². The monoisotopic (exact) mass is 290 g/mol. The molecule has 1 aromatic carbocycles. The van der Waals surface area contributed by atoms with Gasteiger partial charge in [-0.15, -0.1) is 0 Å². The zero-order chi connectivity index (χ0) is 14.9. The molecule has 0 amide bonds. The molecule has 1 N–H and O–H groups in total. The van der Waals surface area contributed by atoms with E-state index in [0.29, 0.717) is 12.0 Å². The Morgan fingerprint density at radius 3 is 2.81 bits per heavy atom. The Morgan fingerprint density at radius 2 is 2.14 bits per heavy atom. The molecule has 0 radical (unpaired) electrons. The smallest absolute Gasteiger partial charge is 0.0510 e. The van der Waals surface area contributed by atoms with Crippen molar-refractivity contribution in [2.24, 2.45) is 5.92 Å². The lowest BCUT2D eigenvalue weighted by molar-refractivity contribution is 0.167. The molecule has 2 atom stereocenters. The first kappa shape index (κ1) is 16.5. The molecule has 3 heteroatoms. The zero-order valence-electron chi connectivity index (χ0n) is 13.6. The quantitative estimate of drug-likeness (QED) is 0.756. The number of nitrogens with one attached hydrogen (secondary N) is 1. The highest BCUT2D eigenvalue weighted by molar-refractivity contribution is 5.14. The first-order valence-electron chi connectivity index (χ1n) is 8.33. The van der Waals surface area contributed by atoms with E-state index in [9.17, 15) is 0 Å². The molecule has 1 heterocycles. The van der Waals surface area contributed by atoms with Crippen molar-refractivity contribution in [1.29, 1.82) is 0 Å². The topological polar surface area (TPSA) is 24.5 Å². The Morgan fingerprint density at radius 1 is 1.33 bits per heavy atom. The van der Waals surface area contributed by atoms with Crippen LogP contribution in [0.4, 0.5) is 0 Å². The van der Waals surface area contributed by atoms with Crippen molar-refractivity contribution in [2.45, 2.75) is 32.2 Å². The lowest BCUT2D eigenvalue weighted by atomic mass is 9.98. The average molecular weight is 290 g/mol. The Balaban J connectivity index is 1.78. The molecule has 1 fully saturated rings. The van der Waals surface area contributed by atoms with Gasteiger partial charge in [0, 0.05) is 31.7 Å². The number of nitrogens with zero attached hydrogens (tertiary/aromatic N) is 1. The second-order valence-electron chi connectivity index (χ2n) is 6.18. The Labute approximate surface area is 129 Å². The van der Waals surface area contributed by atoms with Gasteiger partial charge in [-0.3, -0.25) is 0 Å². The molecule has 0 aromatic heterocycles. The van der Waals surface area contributed by atoms with Crippen molar-refractivity contribution >= 4 is 0 Å². The number of ether oxygens (including phenoxy) is 1. The Kier molecular flexibility index (Phi) is 7.20. The van der Waals surface area contributed by atoms with Gasteiger partial charge >= 0.3 is 0 Å². The third kappa shape index (κ3) is 5.77. The van der Waals surface area contributed by atoms with Gasteiger partial charge in [0.05, 0.1) is 6.61 Å². The first-order valence-corrected chi connectivity index (χ1v) is 8.33. The van der Waals surface area contributed by atoms with Crippen LogP contribution in [-0.2, 0) is 11.2 Å². The highest BCUT2D eigenvalue weighted by Gasteiger charge is 2.26. The largest absolute Gasteiger partial charge is 0.381 e. The molecular formula is C18H30N2O.